The van der Waals surface area contributed by atoms with Crippen molar-refractivity contribution in [2.24, 2.45) is 16.8 Å². The molecular formula is C44H50N8O6. The number of alkyl carbamates (subject to hydrolysis) is 1. The number of ether oxygens (including phenoxy) is 1. The number of fused-ring (bicyclic) bond motifs is 2. The maximum Gasteiger partial charge on any atom is 0.407 e. The number of nitrogens with zero attached hydrogens (tertiary/aromatic N) is 5. The van der Waals surface area contributed by atoms with Gasteiger partial charge in [0.2, 0.25) is 18.2 Å². The number of nitrogens with one attached hydrogen (secondary N) is 3. The van der Waals surface area contributed by atoms with E-state index in [9.17, 15) is 14.4 Å². The predicted octanol–water partition coefficient (Wildman–Crippen LogP) is 6.84. The number of likely N-dealkylation sites (tertiary alicyclic amines) is 2. The van der Waals surface area contributed by atoms with Crippen LogP contribution in [-0.4, -0.2) is 93.4 Å². The molecule has 3 amide bonds. The fourth-order valence-electron chi connectivity index (χ4n) is 7.91. The number of benzene rings is 3. The van der Waals surface area contributed by atoms with Crippen molar-refractivity contribution in [3.8, 4) is 23.0 Å². The van der Waals surface area contributed by atoms with E-state index in [-0.39, 0.29) is 35.7 Å². The van der Waals surface area contributed by atoms with Gasteiger partial charge in [-0.3, -0.25) is 9.59 Å². The summed E-state index contributed by atoms with van der Waals surface area (Å²) in [5.41, 5.74) is 5.31. The Kier molecular flexibility index (Phi) is 12.1. The molecule has 4 heterocycles. The van der Waals surface area contributed by atoms with Gasteiger partial charge in [-0.2, -0.15) is 4.89 Å². The molecule has 302 valence electrons. The van der Waals surface area contributed by atoms with Crippen LogP contribution in [0.1, 0.15) is 88.4 Å². The van der Waals surface area contributed by atoms with Crippen LogP contribution in [0.3, 0.4) is 0 Å². The Labute approximate surface area is 337 Å². The lowest BCUT2D eigenvalue weighted by Crippen LogP contribution is -2.51. The van der Waals surface area contributed by atoms with Crippen LogP contribution in [0, 0.1) is 23.7 Å². The highest BCUT2D eigenvalue weighted by atomic mass is 17.2. The summed E-state index contributed by atoms with van der Waals surface area (Å²) in [5.74, 6) is 7.55. The number of carbonyl (C=O) groups is 3. The second kappa shape index (κ2) is 17.5. The highest BCUT2D eigenvalue weighted by molar-refractivity contribution is 5.91. The van der Waals surface area contributed by atoms with Crippen molar-refractivity contribution in [3.63, 3.8) is 0 Å². The van der Waals surface area contributed by atoms with Crippen molar-refractivity contribution >= 4 is 46.1 Å². The molecule has 14 nitrogen and oxygen atoms in total. The molecule has 2 fully saturated rings. The largest absolute Gasteiger partial charge is 0.453 e. The third-order valence-corrected chi connectivity index (χ3v) is 10.9. The smallest absolute Gasteiger partial charge is 0.407 e. The van der Waals surface area contributed by atoms with Gasteiger partial charge in [-0.15, -0.1) is 0 Å². The highest BCUT2D eigenvalue weighted by Gasteiger charge is 2.38. The summed E-state index contributed by atoms with van der Waals surface area (Å²) < 4.78 is 4.75. The first-order valence-corrected chi connectivity index (χ1v) is 19.8. The van der Waals surface area contributed by atoms with Gasteiger partial charge in [0.1, 0.15) is 29.4 Å². The van der Waals surface area contributed by atoms with Crippen molar-refractivity contribution < 1.29 is 28.9 Å². The number of carbonyl (C=O) groups excluding carboxylic acids is 3. The van der Waals surface area contributed by atoms with Crippen LogP contribution in [0.4, 0.5) is 4.79 Å². The predicted molar refractivity (Wildman–Crippen MR) is 220 cm³/mol. The summed E-state index contributed by atoms with van der Waals surface area (Å²) in [6.45, 7) is 8.95. The molecule has 5 aromatic rings. The summed E-state index contributed by atoms with van der Waals surface area (Å²) in [7, 11) is 2.68. The van der Waals surface area contributed by atoms with Crippen LogP contribution >= 0.6 is 0 Å². The standard InChI is InChI=1S/C44H50N8O6/c1-26(2)38(46-25-58-57-6)42(53)52-20-8-10-37(52)41-48-34-18-16-32(23-35(34)49-41)31-15-14-29-21-28(11-13-30(29)22-31)12-17-33-24-45-40(47-33)36-9-7-19-51(36)43(54)39(27(3)4)50-44(55)56-5/h11,13-16,18,21-27,36-39H,7-10,19-20H2,1-6H3,(H,45,47)(H,48,49)(H,50,55)/b46-25+/t36-,37-,38-,39-/m0/s1. The van der Waals surface area contributed by atoms with E-state index in [1.165, 1.54) is 20.6 Å². The van der Waals surface area contributed by atoms with Crippen molar-refractivity contribution in [3.05, 3.63) is 83.7 Å². The molecule has 4 atom stereocenters. The summed E-state index contributed by atoms with van der Waals surface area (Å²) in [6, 6.07) is 17.1. The third kappa shape index (κ3) is 8.55. The topological polar surface area (TPSA) is 167 Å². The lowest BCUT2D eigenvalue weighted by Gasteiger charge is -2.29. The van der Waals surface area contributed by atoms with Gasteiger partial charge < -0.3 is 34.7 Å². The number of imidazole rings is 2. The van der Waals surface area contributed by atoms with E-state index in [4.69, 9.17) is 19.6 Å². The number of aromatic nitrogens is 4. The maximum absolute atomic E-state index is 13.6. The first kappa shape index (κ1) is 40.0. The first-order valence-electron chi connectivity index (χ1n) is 19.8. The van der Waals surface area contributed by atoms with Crippen LogP contribution in [0.25, 0.3) is 32.9 Å². The average molecular weight is 787 g/mol. The number of rotatable bonds is 11. The molecule has 2 aliphatic heterocycles. The normalized spacial score (nSPS) is 17.9. The summed E-state index contributed by atoms with van der Waals surface area (Å²) >= 11 is 0. The molecule has 3 aromatic carbocycles. The quantitative estimate of drug-likeness (QED) is 0.0430. The molecule has 14 heteroatoms. The Morgan fingerprint density at radius 3 is 2.26 bits per heavy atom. The molecule has 0 radical (unpaired) electrons. The van der Waals surface area contributed by atoms with Gasteiger partial charge in [0, 0.05) is 24.8 Å². The van der Waals surface area contributed by atoms with Crippen LogP contribution in [-0.2, 0) is 24.1 Å². The molecule has 2 aromatic heterocycles. The lowest BCUT2D eigenvalue weighted by atomic mass is 9.99. The fraction of sp³-hybridized carbons (Fsp3) is 0.409. The number of hydrogen-bond acceptors (Lipinski definition) is 9. The second-order valence-electron chi connectivity index (χ2n) is 15.5. The van der Waals surface area contributed by atoms with Gasteiger partial charge in [0.25, 0.3) is 0 Å². The highest BCUT2D eigenvalue weighted by Crippen LogP contribution is 2.35. The van der Waals surface area contributed by atoms with E-state index in [0.29, 0.717) is 24.6 Å². The van der Waals surface area contributed by atoms with E-state index in [1.807, 2.05) is 44.7 Å². The van der Waals surface area contributed by atoms with Gasteiger partial charge in [-0.05, 0) is 95.7 Å². The molecule has 58 heavy (non-hydrogen) atoms. The Morgan fingerprint density at radius 2 is 1.53 bits per heavy atom. The van der Waals surface area contributed by atoms with Crippen LogP contribution in [0.15, 0.2) is 65.8 Å². The average Bonchev–Trinajstić information content (AvgIpc) is 4.06. The fourth-order valence-corrected chi connectivity index (χ4v) is 7.91. The molecule has 0 spiro atoms. The Hall–Kier alpha value is -6.20. The molecule has 2 aliphatic rings. The maximum atomic E-state index is 13.6. The number of aromatic amines is 2. The third-order valence-electron chi connectivity index (χ3n) is 10.9. The Bertz CT molecular complexity index is 2390. The van der Waals surface area contributed by atoms with Gasteiger partial charge in [-0.25, -0.2) is 19.8 Å². The minimum absolute atomic E-state index is 0.0147. The molecule has 0 aliphatic carbocycles. The van der Waals surface area contributed by atoms with Crippen molar-refractivity contribution in [2.75, 3.05) is 27.3 Å². The minimum atomic E-state index is -0.694. The summed E-state index contributed by atoms with van der Waals surface area (Å²) in [4.78, 5) is 72.9. The number of H-pyrrole nitrogens is 2. The zero-order valence-electron chi connectivity index (χ0n) is 33.7. The van der Waals surface area contributed by atoms with E-state index < -0.39 is 18.2 Å². The van der Waals surface area contributed by atoms with Crippen molar-refractivity contribution in [1.82, 2.24) is 35.1 Å². The van der Waals surface area contributed by atoms with E-state index in [0.717, 1.165) is 70.0 Å². The van der Waals surface area contributed by atoms with Gasteiger partial charge in [0.05, 0.1) is 37.3 Å². The number of amides is 3. The van der Waals surface area contributed by atoms with Crippen molar-refractivity contribution in [1.29, 1.82) is 0 Å². The molecule has 3 N–H and O–H groups in total. The van der Waals surface area contributed by atoms with Gasteiger partial charge >= 0.3 is 6.09 Å². The zero-order valence-corrected chi connectivity index (χ0v) is 33.7. The number of hydrogen-bond donors (Lipinski definition) is 3. The molecule has 7 rings (SSSR count). The van der Waals surface area contributed by atoms with Crippen LogP contribution in [0.5, 0.6) is 0 Å². The molecule has 0 unspecified atom stereocenters. The van der Waals surface area contributed by atoms with Gasteiger partial charge in [0.15, 0.2) is 0 Å². The van der Waals surface area contributed by atoms with Crippen molar-refractivity contribution in [2.45, 2.75) is 77.5 Å². The Morgan fingerprint density at radius 1 is 0.845 bits per heavy atom. The van der Waals surface area contributed by atoms with E-state index in [2.05, 4.69) is 79.5 Å². The lowest BCUT2D eigenvalue weighted by molar-refractivity contribution is -0.188. The number of aliphatic imine (C=N–C) groups is 1. The van der Waals surface area contributed by atoms with E-state index >= 15 is 0 Å². The zero-order chi connectivity index (χ0) is 40.9. The molecule has 0 bridgehead atoms. The Balaban J connectivity index is 1.04. The minimum Gasteiger partial charge on any atom is -0.453 e. The monoisotopic (exact) mass is 786 g/mol. The first-order chi connectivity index (χ1) is 28.0. The summed E-state index contributed by atoms with van der Waals surface area (Å²) in [6.07, 6.45) is 5.63. The van der Waals surface area contributed by atoms with E-state index in [1.54, 1.807) is 11.1 Å². The molecule has 0 saturated carbocycles. The molecule has 2 saturated heterocycles. The molecular weight excluding hydrogens is 737 g/mol. The SMILES string of the molecule is COO/C=N/[C@H](C(=O)N1CCC[C@H]1c1nc2cc(-c3ccc4cc(C#Cc5c[nH]c([C@@H]6CCCN6C(=O)[C@@H](NC(=O)OC)C(C)C)n5)ccc4c3)ccc2[nH]1)C(C)C. The second-order valence-corrected chi connectivity index (χ2v) is 15.5. The summed E-state index contributed by atoms with van der Waals surface area (Å²) in [5, 5.41) is 4.83. The van der Waals surface area contributed by atoms with Gasteiger partial charge in [-0.1, -0.05) is 57.9 Å². The van der Waals surface area contributed by atoms with Crippen LogP contribution in [0.2, 0.25) is 0 Å². The number of methoxy groups -OCH3 is 1. The van der Waals surface area contributed by atoms with Crippen LogP contribution < -0.4 is 5.32 Å².